The van der Waals surface area contributed by atoms with Crippen LogP contribution in [0.4, 0.5) is 0 Å². The molecule has 1 nitrogen and oxygen atoms in total. The van der Waals surface area contributed by atoms with Gasteiger partial charge in [-0.25, -0.2) is 0 Å². The molecule has 0 spiro atoms. The van der Waals surface area contributed by atoms with E-state index in [1.54, 1.807) is 13.3 Å². The van der Waals surface area contributed by atoms with Gasteiger partial charge in [0.1, 0.15) is 5.78 Å². The highest BCUT2D eigenvalue weighted by Gasteiger charge is 2.31. The van der Waals surface area contributed by atoms with Crippen molar-refractivity contribution in [2.24, 2.45) is 29.6 Å². The highest BCUT2D eigenvalue weighted by molar-refractivity contribution is 5.78. The minimum Gasteiger partial charge on any atom is -0.300 e. The van der Waals surface area contributed by atoms with E-state index < -0.39 is 0 Å². The van der Waals surface area contributed by atoms with E-state index in [9.17, 15) is 4.79 Å². The number of carbonyl (C=O) groups excluding carboxylic acids is 1. The molecule has 178 valence electrons. The van der Waals surface area contributed by atoms with E-state index in [0.717, 1.165) is 24.2 Å². The second kappa shape index (κ2) is 17.3. The Labute approximate surface area is 190 Å². The topological polar surface area (TPSA) is 17.1 Å². The molecular weight excluding hydrogens is 364 g/mol. The predicted octanol–water partition coefficient (Wildman–Crippen LogP) is 9.77. The summed E-state index contributed by atoms with van der Waals surface area (Å²) in [5.74, 6) is 4.39. The molecule has 2 rings (SSSR count). The van der Waals surface area contributed by atoms with Crippen molar-refractivity contribution in [1.82, 2.24) is 0 Å². The quantitative estimate of drug-likeness (QED) is 0.287. The second-order valence-electron chi connectivity index (χ2n) is 10.8. The van der Waals surface area contributed by atoms with Crippen molar-refractivity contribution in [3.8, 4) is 0 Å². The van der Waals surface area contributed by atoms with Gasteiger partial charge in [0.15, 0.2) is 0 Å². The van der Waals surface area contributed by atoms with E-state index in [2.05, 4.69) is 27.7 Å². The van der Waals surface area contributed by atoms with E-state index in [1.807, 2.05) is 0 Å². The Morgan fingerprint density at radius 2 is 1.37 bits per heavy atom. The van der Waals surface area contributed by atoms with Crippen LogP contribution in [0.15, 0.2) is 0 Å². The van der Waals surface area contributed by atoms with Gasteiger partial charge in [0.05, 0.1) is 0 Å². The molecule has 0 aliphatic heterocycles. The van der Waals surface area contributed by atoms with Crippen LogP contribution in [0, 0.1) is 29.6 Å². The molecule has 3 atom stereocenters. The van der Waals surface area contributed by atoms with Crippen LogP contribution >= 0.6 is 0 Å². The number of unbranched alkanes of at least 4 members (excludes halogenated alkanes) is 2. The standard InChI is InChI=1S/C15H28O.C14H28/c1-4-5-6-11-15(13(3)16)14-10-8-7-9-12(14)2;1-3-8-13(9-4-2)12-14-10-6-5-7-11-14/h12,14-15H,4-11H2,1-3H3;13-14H,3-12H2,1-2H3. The monoisotopic (exact) mass is 420 g/mol. The van der Waals surface area contributed by atoms with Gasteiger partial charge in [0, 0.05) is 5.92 Å². The summed E-state index contributed by atoms with van der Waals surface area (Å²) in [6.45, 7) is 11.1. The Morgan fingerprint density at radius 1 is 0.767 bits per heavy atom. The smallest absolute Gasteiger partial charge is 0.133 e. The first-order valence-corrected chi connectivity index (χ1v) is 14.0. The molecule has 0 amide bonds. The van der Waals surface area contributed by atoms with Crippen molar-refractivity contribution in [1.29, 1.82) is 0 Å². The number of rotatable bonds is 12. The van der Waals surface area contributed by atoms with Gasteiger partial charge in [-0.1, -0.05) is 124 Å². The van der Waals surface area contributed by atoms with Crippen molar-refractivity contribution in [3.05, 3.63) is 0 Å². The molecule has 30 heavy (non-hydrogen) atoms. The Bertz CT molecular complexity index is 403. The molecule has 2 fully saturated rings. The number of hydrogen-bond acceptors (Lipinski definition) is 1. The number of hydrogen-bond donors (Lipinski definition) is 0. The van der Waals surface area contributed by atoms with Crippen LogP contribution in [0.2, 0.25) is 0 Å². The van der Waals surface area contributed by atoms with Gasteiger partial charge in [-0.2, -0.15) is 0 Å². The average molecular weight is 421 g/mol. The molecule has 0 N–H and O–H groups in total. The molecule has 2 aliphatic carbocycles. The summed E-state index contributed by atoms with van der Waals surface area (Å²) in [5.41, 5.74) is 0. The lowest BCUT2D eigenvalue weighted by Crippen LogP contribution is -2.29. The SMILES string of the molecule is CCCC(CCC)CC1CCCCC1.CCCCCC(C(C)=O)C1CCCCC1C. The van der Waals surface area contributed by atoms with Gasteiger partial charge < -0.3 is 0 Å². The summed E-state index contributed by atoms with van der Waals surface area (Å²) in [6, 6.07) is 0. The van der Waals surface area contributed by atoms with Gasteiger partial charge in [0.25, 0.3) is 0 Å². The van der Waals surface area contributed by atoms with Crippen molar-refractivity contribution in [3.63, 3.8) is 0 Å². The molecule has 2 aliphatic rings. The molecule has 0 bridgehead atoms. The lowest BCUT2D eigenvalue weighted by Gasteiger charge is -2.34. The maximum Gasteiger partial charge on any atom is 0.133 e. The van der Waals surface area contributed by atoms with E-state index in [1.165, 1.54) is 103 Å². The summed E-state index contributed by atoms with van der Waals surface area (Å²) in [7, 11) is 0. The molecule has 0 aromatic rings. The van der Waals surface area contributed by atoms with Crippen LogP contribution in [0.25, 0.3) is 0 Å². The Kier molecular flexibility index (Phi) is 15.9. The Hall–Kier alpha value is -0.330. The lowest BCUT2D eigenvalue weighted by atomic mass is 9.70. The van der Waals surface area contributed by atoms with Crippen LogP contribution in [0.5, 0.6) is 0 Å². The summed E-state index contributed by atoms with van der Waals surface area (Å²) < 4.78 is 0. The van der Waals surface area contributed by atoms with Crippen LogP contribution in [-0.4, -0.2) is 5.78 Å². The summed E-state index contributed by atoms with van der Waals surface area (Å²) in [4.78, 5) is 11.8. The van der Waals surface area contributed by atoms with E-state index in [4.69, 9.17) is 0 Å². The van der Waals surface area contributed by atoms with Crippen molar-refractivity contribution in [2.75, 3.05) is 0 Å². The zero-order valence-corrected chi connectivity index (χ0v) is 21.5. The first kappa shape index (κ1) is 27.7. The largest absolute Gasteiger partial charge is 0.300 e. The Balaban J connectivity index is 0.000000303. The zero-order chi connectivity index (χ0) is 22.2. The van der Waals surface area contributed by atoms with Crippen LogP contribution in [0.3, 0.4) is 0 Å². The van der Waals surface area contributed by atoms with E-state index in [0.29, 0.717) is 17.6 Å². The van der Waals surface area contributed by atoms with Crippen LogP contribution in [0.1, 0.15) is 150 Å². The molecule has 2 saturated carbocycles. The van der Waals surface area contributed by atoms with E-state index >= 15 is 0 Å². The molecule has 0 heterocycles. The molecule has 3 unspecified atom stereocenters. The minimum absolute atomic E-state index is 0.363. The summed E-state index contributed by atoms with van der Waals surface area (Å²) >= 11 is 0. The third kappa shape index (κ3) is 11.3. The maximum absolute atomic E-state index is 11.8. The zero-order valence-electron chi connectivity index (χ0n) is 21.5. The molecular formula is C29H56O. The number of carbonyl (C=O) groups is 1. The van der Waals surface area contributed by atoms with Crippen molar-refractivity contribution in [2.45, 2.75) is 150 Å². The molecule has 0 aromatic carbocycles. The highest BCUT2D eigenvalue weighted by atomic mass is 16.1. The third-order valence-corrected chi connectivity index (χ3v) is 8.12. The summed E-state index contributed by atoms with van der Waals surface area (Å²) in [6.07, 6.45) is 25.1. The number of ketones is 1. The van der Waals surface area contributed by atoms with Gasteiger partial charge >= 0.3 is 0 Å². The fourth-order valence-corrected chi connectivity index (χ4v) is 6.37. The first-order valence-electron chi connectivity index (χ1n) is 14.0. The molecule has 0 aromatic heterocycles. The fourth-order valence-electron chi connectivity index (χ4n) is 6.37. The number of Topliss-reactive ketones (excluding diaryl/α,β-unsaturated/α-hetero) is 1. The van der Waals surface area contributed by atoms with Crippen LogP contribution in [-0.2, 0) is 4.79 Å². The second-order valence-corrected chi connectivity index (χ2v) is 10.8. The predicted molar refractivity (Wildman–Crippen MR) is 134 cm³/mol. The van der Waals surface area contributed by atoms with Gasteiger partial charge in [-0.15, -0.1) is 0 Å². The molecule has 0 saturated heterocycles. The van der Waals surface area contributed by atoms with Crippen LogP contribution < -0.4 is 0 Å². The van der Waals surface area contributed by atoms with Gasteiger partial charge in [0.2, 0.25) is 0 Å². The van der Waals surface area contributed by atoms with Gasteiger partial charge in [-0.05, 0) is 49.9 Å². The molecule has 0 radical (unpaired) electrons. The minimum atomic E-state index is 0.363. The molecule has 1 heteroatoms. The van der Waals surface area contributed by atoms with E-state index in [-0.39, 0.29) is 0 Å². The lowest BCUT2D eigenvalue weighted by molar-refractivity contribution is -0.123. The fraction of sp³-hybridized carbons (Fsp3) is 0.966. The normalized spacial score (nSPS) is 23.7. The van der Waals surface area contributed by atoms with Crippen molar-refractivity contribution >= 4 is 5.78 Å². The highest BCUT2D eigenvalue weighted by Crippen LogP contribution is 2.37. The first-order chi connectivity index (χ1) is 14.5. The maximum atomic E-state index is 11.8. The van der Waals surface area contributed by atoms with Gasteiger partial charge in [-0.3, -0.25) is 4.79 Å². The average Bonchev–Trinajstić information content (AvgIpc) is 2.73. The van der Waals surface area contributed by atoms with Crippen molar-refractivity contribution < 1.29 is 4.79 Å². The summed E-state index contributed by atoms with van der Waals surface area (Å²) in [5, 5.41) is 0. The Morgan fingerprint density at radius 3 is 1.90 bits per heavy atom. The third-order valence-electron chi connectivity index (χ3n) is 8.12.